The summed E-state index contributed by atoms with van der Waals surface area (Å²) in [6.07, 6.45) is 2.10. The van der Waals surface area contributed by atoms with Gasteiger partial charge in [0.1, 0.15) is 6.54 Å². The molecule has 2 fully saturated rings. The normalized spacial score (nSPS) is 18.6. The molecular formula is C14H16ClN3O2. The summed E-state index contributed by atoms with van der Waals surface area (Å²) < 4.78 is 0. The van der Waals surface area contributed by atoms with Crippen molar-refractivity contribution >= 4 is 29.2 Å². The summed E-state index contributed by atoms with van der Waals surface area (Å²) in [6, 6.07) is 7.37. The predicted molar refractivity (Wildman–Crippen MR) is 76.9 cm³/mol. The van der Waals surface area contributed by atoms with E-state index in [4.69, 9.17) is 11.6 Å². The van der Waals surface area contributed by atoms with E-state index in [9.17, 15) is 9.59 Å². The Bertz CT molecular complexity index is 545. The first kappa shape index (κ1) is 13.2. The summed E-state index contributed by atoms with van der Waals surface area (Å²) in [5.41, 5.74) is 0.771. The minimum Gasteiger partial charge on any atom is -0.352 e. The number of rotatable bonds is 4. The highest BCUT2D eigenvalue weighted by Crippen LogP contribution is 2.23. The molecule has 1 aliphatic heterocycles. The van der Waals surface area contributed by atoms with Crippen molar-refractivity contribution < 1.29 is 9.59 Å². The lowest BCUT2D eigenvalue weighted by molar-refractivity contribution is -0.121. The number of halogens is 1. The molecule has 20 heavy (non-hydrogen) atoms. The molecule has 5 nitrogen and oxygen atoms in total. The fraction of sp³-hybridized carbons (Fsp3) is 0.429. The molecule has 0 unspecified atom stereocenters. The van der Waals surface area contributed by atoms with E-state index in [0.717, 1.165) is 18.5 Å². The minimum atomic E-state index is -0.141. The number of carbonyl (C=O) groups is 2. The van der Waals surface area contributed by atoms with Gasteiger partial charge in [-0.05, 0) is 31.0 Å². The summed E-state index contributed by atoms with van der Waals surface area (Å²) in [5.74, 6) is -0.0752. The topological polar surface area (TPSA) is 52.7 Å². The van der Waals surface area contributed by atoms with Crippen LogP contribution in [0.5, 0.6) is 0 Å². The molecule has 0 aromatic heterocycles. The lowest BCUT2D eigenvalue weighted by Gasteiger charge is -2.18. The Morgan fingerprint density at radius 2 is 2.15 bits per heavy atom. The van der Waals surface area contributed by atoms with Crippen molar-refractivity contribution in [3.05, 3.63) is 29.3 Å². The molecule has 0 spiro atoms. The Kier molecular flexibility index (Phi) is 3.53. The summed E-state index contributed by atoms with van der Waals surface area (Å²) in [7, 11) is 0. The van der Waals surface area contributed by atoms with Gasteiger partial charge in [0.2, 0.25) is 5.91 Å². The number of hydrogen-bond acceptors (Lipinski definition) is 2. The zero-order chi connectivity index (χ0) is 14.1. The molecule has 0 bridgehead atoms. The van der Waals surface area contributed by atoms with Gasteiger partial charge < -0.3 is 10.2 Å². The van der Waals surface area contributed by atoms with E-state index in [1.165, 1.54) is 0 Å². The number of nitrogens with one attached hydrogen (secondary N) is 1. The number of hydrogen-bond donors (Lipinski definition) is 1. The molecule has 1 aliphatic carbocycles. The van der Waals surface area contributed by atoms with Gasteiger partial charge in [0.05, 0.1) is 0 Å². The summed E-state index contributed by atoms with van der Waals surface area (Å²) >= 11 is 5.94. The van der Waals surface area contributed by atoms with Crippen molar-refractivity contribution in [3.8, 4) is 0 Å². The number of anilines is 1. The third kappa shape index (κ3) is 2.88. The van der Waals surface area contributed by atoms with Crippen LogP contribution in [0.15, 0.2) is 24.3 Å². The summed E-state index contributed by atoms with van der Waals surface area (Å²) in [5, 5.41) is 3.49. The average Bonchev–Trinajstić information content (AvgIpc) is 3.14. The van der Waals surface area contributed by atoms with Gasteiger partial charge in [0.15, 0.2) is 0 Å². The Balaban J connectivity index is 1.62. The van der Waals surface area contributed by atoms with E-state index in [2.05, 4.69) is 5.32 Å². The van der Waals surface area contributed by atoms with Crippen LogP contribution in [-0.2, 0) is 4.79 Å². The Labute approximate surface area is 122 Å². The summed E-state index contributed by atoms with van der Waals surface area (Å²) in [6.45, 7) is 1.27. The van der Waals surface area contributed by atoms with Crippen LogP contribution in [0, 0.1) is 0 Å². The molecule has 1 N–H and O–H groups in total. The van der Waals surface area contributed by atoms with Crippen LogP contribution in [0.1, 0.15) is 12.8 Å². The Morgan fingerprint density at radius 1 is 1.35 bits per heavy atom. The maximum absolute atomic E-state index is 12.3. The standard InChI is InChI=1S/C14H16ClN3O2/c15-10-2-1-3-12(8-10)18-7-6-17(14(18)20)9-13(19)16-11-4-5-11/h1-3,8,11H,4-7,9H2,(H,16,19). The molecule has 1 aromatic rings. The number of benzene rings is 1. The second-order valence-corrected chi connectivity index (χ2v) is 5.61. The van der Waals surface area contributed by atoms with Crippen molar-refractivity contribution in [1.29, 1.82) is 0 Å². The first-order chi connectivity index (χ1) is 9.63. The molecule has 1 heterocycles. The fourth-order valence-corrected chi connectivity index (χ4v) is 2.47. The maximum Gasteiger partial charge on any atom is 0.325 e. The molecule has 3 amide bonds. The van der Waals surface area contributed by atoms with E-state index >= 15 is 0 Å². The number of nitrogens with zero attached hydrogens (tertiary/aromatic N) is 2. The van der Waals surface area contributed by atoms with Crippen LogP contribution >= 0.6 is 11.6 Å². The van der Waals surface area contributed by atoms with E-state index in [-0.39, 0.29) is 18.5 Å². The van der Waals surface area contributed by atoms with Crippen LogP contribution in [0.25, 0.3) is 0 Å². The van der Waals surface area contributed by atoms with Gasteiger partial charge in [-0.2, -0.15) is 0 Å². The first-order valence-corrected chi connectivity index (χ1v) is 7.12. The van der Waals surface area contributed by atoms with Crippen molar-refractivity contribution in [2.75, 3.05) is 24.5 Å². The van der Waals surface area contributed by atoms with Gasteiger partial charge in [-0.25, -0.2) is 4.79 Å². The van der Waals surface area contributed by atoms with Crippen LogP contribution in [0.4, 0.5) is 10.5 Å². The Morgan fingerprint density at radius 3 is 2.85 bits per heavy atom. The molecule has 0 radical (unpaired) electrons. The number of urea groups is 1. The lowest BCUT2D eigenvalue weighted by atomic mass is 10.3. The van der Waals surface area contributed by atoms with E-state index in [0.29, 0.717) is 24.2 Å². The third-order valence-electron chi connectivity index (χ3n) is 3.49. The molecular weight excluding hydrogens is 278 g/mol. The van der Waals surface area contributed by atoms with Gasteiger partial charge in [-0.15, -0.1) is 0 Å². The van der Waals surface area contributed by atoms with Gasteiger partial charge >= 0.3 is 6.03 Å². The first-order valence-electron chi connectivity index (χ1n) is 6.75. The quantitative estimate of drug-likeness (QED) is 0.921. The maximum atomic E-state index is 12.3. The minimum absolute atomic E-state index is 0.0752. The zero-order valence-corrected chi connectivity index (χ0v) is 11.8. The van der Waals surface area contributed by atoms with Crippen molar-refractivity contribution in [3.63, 3.8) is 0 Å². The highest BCUT2D eigenvalue weighted by molar-refractivity contribution is 6.30. The van der Waals surface area contributed by atoms with Crippen molar-refractivity contribution in [1.82, 2.24) is 10.2 Å². The number of carbonyl (C=O) groups excluding carboxylic acids is 2. The monoisotopic (exact) mass is 293 g/mol. The van der Waals surface area contributed by atoms with E-state index in [1.54, 1.807) is 21.9 Å². The highest BCUT2D eigenvalue weighted by Gasteiger charge is 2.32. The van der Waals surface area contributed by atoms with Gasteiger partial charge in [0.25, 0.3) is 0 Å². The molecule has 6 heteroatoms. The second kappa shape index (κ2) is 5.32. The van der Waals surface area contributed by atoms with Crippen LogP contribution < -0.4 is 10.2 Å². The van der Waals surface area contributed by atoms with Gasteiger partial charge in [-0.1, -0.05) is 17.7 Å². The van der Waals surface area contributed by atoms with E-state index < -0.39 is 0 Å². The smallest absolute Gasteiger partial charge is 0.325 e. The van der Waals surface area contributed by atoms with Gasteiger partial charge in [-0.3, -0.25) is 9.69 Å². The number of amides is 3. The van der Waals surface area contributed by atoms with Crippen LogP contribution in [0.2, 0.25) is 5.02 Å². The Hall–Kier alpha value is -1.75. The van der Waals surface area contributed by atoms with Gasteiger partial charge in [0, 0.05) is 29.8 Å². The largest absolute Gasteiger partial charge is 0.352 e. The van der Waals surface area contributed by atoms with Crippen LogP contribution in [-0.4, -0.2) is 42.5 Å². The molecule has 1 aromatic carbocycles. The van der Waals surface area contributed by atoms with Crippen LogP contribution in [0.3, 0.4) is 0 Å². The molecule has 0 atom stereocenters. The zero-order valence-electron chi connectivity index (χ0n) is 11.0. The average molecular weight is 294 g/mol. The second-order valence-electron chi connectivity index (χ2n) is 5.18. The molecule has 1 saturated carbocycles. The highest BCUT2D eigenvalue weighted by atomic mass is 35.5. The molecule has 1 saturated heterocycles. The SMILES string of the molecule is O=C(CN1CCN(c2cccc(Cl)c2)C1=O)NC1CC1. The third-order valence-corrected chi connectivity index (χ3v) is 3.73. The summed E-state index contributed by atoms with van der Waals surface area (Å²) in [4.78, 5) is 27.2. The lowest BCUT2D eigenvalue weighted by Crippen LogP contribution is -2.40. The molecule has 3 rings (SSSR count). The van der Waals surface area contributed by atoms with Crippen molar-refractivity contribution in [2.24, 2.45) is 0 Å². The van der Waals surface area contributed by atoms with E-state index in [1.807, 2.05) is 12.1 Å². The van der Waals surface area contributed by atoms with Crippen molar-refractivity contribution in [2.45, 2.75) is 18.9 Å². The molecule has 2 aliphatic rings. The molecule has 106 valence electrons. The predicted octanol–water partition coefficient (Wildman–Crippen LogP) is 1.86. The fourth-order valence-electron chi connectivity index (χ4n) is 2.29.